The number of aryl methyl sites for hydroxylation is 2. The van der Waals surface area contributed by atoms with Crippen LogP contribution in [0.1, 0.15) is 27.0 Å². The number of nitrogen functional groups attached to an aromatic ring is 1. The van der Waals surface area contributed by atoms with E-state index >= 15 is 0 Å². The van der Waals surface area contributed by atoms with Gasteiger partial charge in [-0.25, -0.2) is 0 Å². The second-order valence-corrected chi connectivity index (χ2v) is 5.53. The molecule has 0 saturated heterocycles. The Morgan fingerprint density at radius 2 is 1.57 bits per heavy atom. The summed E-state index contributed by atoms with van der Waals surface area (Å²) in [6, 6.07) is 17.5. The van der Waals surface area contributed by atoms with Crippen molar-refractivity contribution in [2.45, 2.75) is 12.8 Å². The summed E-state index contributed by atoms with van der Waals surface area (Å²) in [5.74, 6) is 0.00343. The number of hydrogen-bond donors (Lipinski definition) is 1. The zero-order chi connectivity index (χ0) is 14.4. The Morgan fingerprint density at radius 3 is 2.38 bits per heavy atom. The van der Waals surface area contributed by atoms with E-state index in [0.29, 0.717) is 11.3 Å². The van der Waals surface area contributed by atoms with E-state index < -0.39 is 0 Å². The third-order valence-electron chi connectivity index (χ3n) is 4.33. The quantitative estimate of drug-likeness (QED) is 0.571. The van der Waals surface area contributed by atoms with Crippen molar-refractivity contribution in [3.63, 3.8) is 0 Å². The van der Waals surface area contributed by atoms with Crippen molar-refractivity contribution in [2.24, 2.45) is 0 Å². The molecule has 0 heterocycles. The molecule has 0 saturated carbocycles. The molecule has 0 aliphatic heterocycles. The van der Waals surface area contributed by atoms with E-state index in [1.54, 1.807) is 12.1 Å². The summed E-state index contributed by atoms with van der Waals surface area (Å²) in [6.07, 6.45) is 2.13. The number of ketones is 1. The first kappa shape index (κ1) is 12.2. The first-order valence-electron chi connectivity index (χ1n) is 7.18. The molecule has 1 aliphatic rings. The van der Waals surface area contributed by atoms with Crippen LogP contribution in [-0.2, 0) is 12.8 Å². The van der Waals surface area contributed by atoms with E-state index in [1.165, 1.54) is 16.5 Å². The van der Waals surface area contributed by atoms with Crippen LogP contribution in [0, 0.1) is 0 Å². The Bertz CT molecular complexity index is 870. The highest BCUT2D eigenvalue weighted by atomic mass is 16.1. The molecule has 2 nitrogen and oxygen atoms in total. The molecule has 0 spiro atoms. The molecule has 0 fully saturated rings. The van der Waals surface area contributed by atoms with Crippen LogP contribution in [0.3, 0.4) is 0 Å². The van der Waals surface area contributed by atoms with E-state index in [9.17, 15) is 4.79 Å². The molecule has 0 atom stereocenters. The second-order valence-electron chi connectivity index (χ2n) is 5.53. The van der Waals surface area contributed by atoms with Crippen LogP contribution in [0.15, 0.2) is 54.6 Å². The van der Waals surface area contributed by atoms with Gasteiger partial charge in [0, 0.05) is 16.8 Å². The number of para-hydroxylation sites is 1. The number of hydrogen-bond acceptors (Lipinski definition) is 2. The fraction of sp³-hybridized carbons (Fsp3) is 0.105. The third-order valence-corrected chi connectivity index (χ3v) is 4.33. The van der Waals surface area contributed by atoms with Gasteiger partial charge in [0.15, 0.2) is 5.78 Å². The summed E-state index contributed by atoms with van der Waals surface area (Å²) in [7, 11) is 0. The van der Waals surface area contributed by atoms with Crippen LogP contribution in [0.4, 0.5) is 5.69 Å². The fourth-order valence-corrected chi connectivity index (χ4v) is 3.29. The van der Waals surface area contributed by atoms with E-state index in [4.69, 9.17) is 5.73 Å². The largest absolute Gasteiger partial charge is 0.398 e. The van der Waals surface area contributed by atoms with Gasteiger partial charge in [-0.1, -0.05) is 42.5 Å². The molecule has 21 heavy (non-hydrogen) atoms. The molecule has 0 aromatic heterocycles. The predicted molar refractivity (Wildman–Crippen MR) is 85.6 cm³/mol. The molecule has 2 heteroatoms. The molecular weight excluding hydrogens is 258 g/mol. The summed E-state index contributed by atoms with van der Waals surface area (Å²) >= 11 is 0. The van der Waals surface area contributed by atoms with Crippen molar-refractivity contribution >= 4 is 22.2 Å². The molecule has 2 N–H and O–H groups in total. The zero-order valence-corrected chi connectivity index (χ0v) is 11.6. The average molecular weight is 273 g/mol. The SMILES string of the molecule is Nc1ccccc1C(=O)c1ccc2c3c(cccc13)CC2. The van der Waals surface area contributed by atoms with Gasteiger partial charge < -0.3 is 5.73 Å². The van der Waals surface area contributed by atoms with Crippen molar-refractivity contribution in [1.82, 2.24) is 0 Å². The minimum atomic E-state index is 0.00343. The van der Waals surface area contributed by atoms with Crippen LogP contribution in [0.5, 0.6) is 0 Å². The van der Waals surface area contributed by atoms with Gasteiger partial charge in [-0.3, -0.25) is 4.79 Å². The van der Waals surface area contributed by atoms with Gasteiger partial charge >= 0.3 is 0 Å². The molecule has 0 amide bonds. The Morgan fingerprint density at radius 1 is 0.810 bits per heavy atom. The molecule has 0 bridgehead atoms. The molecule has 0 unspecified atom stereocenters. The molecular formula is C19H15NO. The van der Waals surface area contributed by atoms with Gasteiger partial charge in [-0.05, 0) is 46.9 Å². The molecule has 4 rings (SSSR count). The highest BCUT2D eigenvalue weighted by molar-refractivity contribution is 6.19. The van der Waals surface area contributed by atoms with Crippen LogP contribution >= 0.6 is 0 Å². The van der Waals surface area contributed by atoms with Gasteiger partial charge in [0.1, 0.15) is 0 Å². The summed E-state index contributed by atoms with van der Waals surface area (Å²) in [5, 5.41) is 2.31. The minimum absolute atomic E-state index is 0.00343. The van der Waals surface area contributed by atoms with Crippen LogP contribution in [0.25, 0.3) is 10.8 Å². The van der Waals surface area contributed by atoms with Gasteiger partial charge in [-0.2, -0.15) is 0 Å². The van der Waals surface area contributed by atoms with Crippen molar-refractivity contribution in [3.05, 3.63) is 76.9 Å². The first-order valence-corrected chi connectivity index (χ1v) is 7.18. The Balaban J connectivity index is 1.97. The maximum atomic E-state index is 12.8. The molecule has 0 radical (unpaired) electrons. The number of rotatable bonds is 2. The Kier molecular flexibility index (Phi) is 2.58. The van der Waals surface area contributed by atoms with Gasteiger partial charge in [0.25, 0.3) is 0 Å². The molecule has 102 valence electrons. The standard InChI is InChI=1S/C19H15NO/c20-17-7-2-1-5-16(17)19(21)15-11-10-13-9-8-12-4-3-6-14(15)18(12)13/h1-7,10-11H,8-9,20H2. The number of carbonyl (C=O) groups is 1. The van der Waals surface area contributed by atoms with Crippen molar-refractivity contribution in [2.75, 3.05) is 5.73 Å². The highest BCUT2D eigenvalue weighted by Crippen LogP contribution is 2.33. The Hall–Kier alpha value is -2.61. The van der Waals surface area contributed by atoms with Crippen LogP contribution in [-0.4, -0.2) is 5.78 Å². The highest BCUT2D eigenvalue weighted by Gasteiger charge is 2.20. The van der Waals surface area contributed by atoms with E-state index in [-0.39, 0.29) is 5.78 Å². The van der Waals surface area contributed by atoms with E-state index in [0.717, 1.165) is 23.8 Å². The third kappa shape index (κ3) is 1.76. The van der Waals surface area contributed by atoms with Gasteiger partial charge in [-0.15, -0.1) is 0 Å². The smallest absolute Gasteiger partial charge is 0.195 e. The second kappa shape index (κ2) is 4.45. The summed E-state index contributed by atoms with van der Waals surface area (Å²) in [6.45, 7) is 0. The maximum Gasteiger partial charge on any atom is 0.195 e. The predicted octanol–water partition coefficient (Wildman–Crippen LogP) is 3.75. The average Bonchev–Trinajstić information content (AvgIpc) is 2.93. The van der Waals surface area contributed by atoms with E-state index in [1.807, 2.05) is 30.3 Å². The molecule has 3 aromatic rings. The van der Waals surface area contributed by atoms with E-state index in [2.05, 4.69) is 12.1 Å². The summed E-state index contributed by atoms with van der Waals surface area (Å²) in [4.78, 5) is 12.8. The number of benzene rings is 3. The lowest BCUT2D eigenvalue weighted by atomic mass is 9.94. The zero-order valence-electron chi connectivity index (χ0n) is 11.6. The lowest BCUT2D eigenvalue weighted by Crippen LogP contribution is -2.06. The number of anilines is 1. The Labute approximate surface area is 123 Å². The van der Waals surface area contributed by atoms with Crippen molar-refractivity contribution in [3.8, 4) is 0 Å². The monoisotopic (exact) mass is 273 g/mol. The summed E-state index contributed by atoms with van der Waals surface area (Å²) < 4.78 is 0. The van der Waals surface area contributed by atoms with Crippen molar-refractivity contribution in [1.29, 1.82) is 0 Å². The fourth-order valence-electron chi connectivity index (χ4n) is 3.29. The minimum Gasteiger partial charge on any atom is -0.398 e. The molecule has 3 aromatic carbocycles. The van der Waals surface area contributed by atoms with Gasteiger partial charge in [0.05, 0.1) is 0 Å². The summed E-state index contributed by atoms with van der Waals surface area (Å²) in [5.41, 5.74) is 10.5. The number of carbonyl (C=O) groups excluding carboxylic acids is 1. The van der Waals surface area contributed by atoms with Crippen molar-refractivity contribution < 1.29 is 4.79 Å². The molecule has 1 aliphatic carbocycles. The topological polar surface area (TPSA) is 43.1 Å². The lowest BCUT2D eigenvalue weighted by Gasteiger charge is -2.09. The van der Waals surface area contributed by atoms with Crippen LogP contribution in [0.2, 0.25) is 0 Å². The maximum absolute atomic E-state index is 12.8. The lowest BCUT2D eigenvalue weighted by molar-refractivity contribution is 0.104. The number of nitrogens with two attached hydrogens (primary N) is 1. The normalized spacial score (nSPS) is 12.8. The first-order chi connectivity index (χ1) is 10.3. The van der Waals surface area contributed by atoms with Gasteiger partial charge in [0.2, 0.25) is 0 Å². The van der Waals surface area contributed by atoms with Crippen LogP contribution < -0.4 is 5.73 Å².